The molecular formula is C18H24N4O3S2. The number of nitrogens with one attached hydrogen (secondary N) is 1. The molecule has 1 aromatic carbocycles. The van der Waals surface area contributed by atoms with Crippen LogP contribution < -0.4 is 5.32 Å². The average Bonchev–Trinajstić information content (AvgIpc) is 3.12. The first kappa shape index (κ1) is 19.9. The summed E-state index contributed by atoms with van der Waals surface area (Å²) in [4.78, 5) is 12.3. The molecule has 0 saturated carbocycles. The molecule has 1 amide bonds. The summed E-state index contributed by atoms with van der Waals surface area (Å²) in [6.45, 7) is 3.95. The van der Waals surface area contributed by atoms with E-state index in [9.17, 15) is 13.2 Å². The molecule has 27 heavy (non-hydrogen) atoms. The van der Waals surface area contributed by atoms with Gasteiger partial charge in [0.15, 0.2) is 15.0 Å². The molecule has 7 nitrogen and oxygen atoms in total. The maximum atomic E-state index is 12.3. The van der Waals surface area contributed by atoms with Crippen LogP contribution in [0.3, 0.4) is 0 Å². The average molecular weight is 409 g/mol. The van der Waals surface area contributed by atoms with E-state index in [1.807, 2.05) is 43.7 Å². The van der Waals surface area contributed by atoms with Gasteiger partial charge in [0.1, 0.15) is 5.82 Å². The van der Waals surface area contributed by atoms with Gasteiger partial charge in [0, 0.05) is 19.2 Å². The van der Waals surface area contributed by atoms with Crippen LogP contribution in [0.2, 0.25) is 0 Å². The summed E-state index contributed by atoms with van der Waals surface area (Å²) in [6, 6.07) is 5.95. The molecule has 1 aromatic heterocycles. The van der Waals surface area contributed by atoms with Crippen LogP contribution in [0.25, 0.3) is 0 Å². The predicted molar refractivity (Wildman–Crippen MR) is 107 cm³/mol. The van der Waals surface area contributed by atoms with Crippen molar-refractivity contribution in [3.05, 3.63) is 35.2 Å². The zero-order valence-corrected chi connectivity index (χ0v) is 17.4. The summed E-state index contributed by atoms with van der Waals surface area (Å²) >= 11 is 1.32. The van der Waals surface area contributed by atoms with Crippen molar-refractivity contribution in [2.45, 2.75) is 31.8 Å². The topological polar surface area (TPSA) is 94.0 Å². The Morgan fingerprint density at radius 2 is 2.11 bits per heavy atom. The molecule has 9 heteroatoms. The van der Waals surface area contributed by atoms with Gasteiger partial charge < -0.3 is 9.88 Å². The molecule has 1 saturated heterocycles. The van der Waals surface area contributed by atoms with Crippen molar-refractivity contribution in [1.82, 2.24) is 14.8 Å². The Hall–Kier alpha value is -1.87. The fourth-order valence-corrected chi connectivity index (χ4v) is 5.72. The van der Waals surface area contributed by atoms with Crippen molar-refractivity contribution >= 4 is 33.2 Å². The van der Waals surface area contributed by atoms with E-state index < -0.39 is 9.84 Å². The van der Waals surface area contributed by atoms with Crippen molar-refractivity contribution in [1.29, 1.82) is 0 Å². The lowest BCUT2D eigenvalue weighted by atomic mass is 10.1. The van der Waals surface area contributed by atoms with Crippen LogP contribution in [0, 0.1) is 19.8 Å². The maximum Gasteiger partial charge on any atom is 0.234 e. The Balaban J connectivity index is 1.56. The number of anilines is 1. The van der Waals surface area contributed by atoms with Crippen molar-refractivity contribution in [3.63, 3.8) is 0 Å². The van der Waals surface area contributed by atoms with Gasteiger partial charge in [-0.05, 0) is 43.4 Å². The monoisotopic (exact) mass is 408 g/mol. The Morgan fingerprint density at radius 1 is 1.33 bits per heavy atom. The lowest BCUT2D eigenvalue weighted by Gasteiger charge is -2.09. The third kappa shape index (κ3) is 5.10. The molecular weight excluding hydrogens is 384 g/mol. The quantitative estimate of drug-likeness (QED) is 0.736. The van der Waals surface area contributed by atoms with Gasteiger partial charge in [-0.1, -0.05) is 23.9 Å². The zero-order chi connectivity index (χ0) is 19.6. The lowest BCUT2D eigenvalue weighted by Crippen LogP contribution is -2.15. The molecule has 0 radical (unpaired) electrons. The molecule has 1 aliphatic heterocycles. The molecule has 1 fully saturated rings. The first-order chi connectivity index (χ1) is 12.7. The SMILES string of the molecule is Cc1ccc(C)c(NC(=O)CSc2nnc(C[C@H]3CCS(=O)(=O)C3)n2C)c1. The molecule has 2 aromatic rings. The third-order valence-electron chi connectivity index (χ3n) is 4.72. The van der Waals surface area contributed by atoms with Crippen molar-refractivity contribution in [2.75, 3.05) is 22.6 Å². The summed E-state index contributed by atoms with van der Waals surface area (Å²) in [5.74, 6) is 1.48. The second-order valence-electron chi connectivity index (χ2n) is 7.09. The number of carbonyl (C=O) groups excluding carboxylic acids is 1. The molecule has 0 bridgehead atoms. The van der Waals surface area contributed by atoms with Crippen LogP contribution in [0.4, 0.5) is 5.69 Å². The highest BCUT2D eigenvalue weighted by molar-refractivity contribution is 7.99. The van der Waals surface area contributed by atoms with Gasteiger partial charge in [-0.15, -0.1) is 10.2 Å². The van der Waals surface area contributed by atoms with Gasteiger partial charge in [0.05, 0.1) is 17.3 Å². The van der Waals surface area contributed by atoms with E-state index in [4.69, 9.17) is 0 Å². The van der Waals surface area contributed by atoms with Crippen LogP contribution >= 0.6 is 11.8 Å². The molecule has 1 N–H and O–H groups in total. The van der Waals surface area contributed by atoms with E-state index in [1.165, 1.54) is 11.8 Å². The minimum atomic E-state index is -2.90. The molecule has 0 aliphatic carbocycles. The highest BCUT2D eigenvalue weighted by atomic mass is 32.2. The van der Waals surface area contributed by atoms with E-state index in [0.29, 0.717) is 18.0 Å². The van der Waals surface area contributed by atoms with E-state index in [1.54, 1.807) is 0 Å². The number of thioether (sulfide) groups is 1. The minimum Gasteiger partial charge on any atom is -0.325 e. The fourth-order valence-electron chi connectivity index (χ4n) is 3.13. The summed E-state index contributed by atoms with van der Waals surface area (Å²) < 4.78 is 25.1. The number of nitrogens with zero attached hydrogens (tertiary/aromatic N) is 3. The first-order valence-electron chi connectivity index (χ1n) is 8.82. The Morgan fingerprint density at radius 3 is 2.81 bits per heavy atom. The van der Waals surface area contributed by atoms with E-state index >= 15 is 0 Å². The molecule has 1 aliphatic rings. The number of hydrogen-bond acceptors (Lipinski definition) is 6. The van der Waals surface area contributed by atoms with Gasteiger partial charge in [-0.25, -0.2) is 8.42 Å². The summed E-state index contributed by atoms with van der Waals surface area (Å²) in [7, 11) is -1.04. The molecule has 1 atom stereocenters. The Bertz CT molecular complexity index is 954. The number of aromatic nitrogens is 3. The second kappa shape index (κ2) is 8.02. The Kier molecular flexibility index (Phi) is 5.90. The number of hydrogen-bond donors (Lipinski definition) is 1. The maximum absolute atomic E-state index is 12.3. The van der Waals surface area contributed by atoms with E-state index in [2.05, 4.69) is 15.5 Å². The third-order valence-corrected chi connectivity index (χ3v) is 7.58. The summed E-state index contributed by atoms with van der Waals surface area (Å²) in [5.41, 5.74) is 2.93. The fraction of sp³-hybridized carbons (Fsp3) is 0.500. The van der Waals surface area contributed by atoms with Gasteiger partial charge in [0.25, 0.3) is 0 Å². The normalized spacial score (nSPS) is 18.6. The van der Waals surface area contributed by atoms with E-state index in [0.717, 1.165) is 22.6 Å². The van der Waals surface area contributed by atoms with Gasteiger partial charge in [0.2, 0.25) is 5.91 Å². The largest absolute Gasteiger partial charge is 0.325 e. The number of aryl methyl sites for hydroxylation is 2. The van der Waals surface area contributed by atoms with Crippen LogP contribution in [0.1, 0.15) is 23.4 Å². The smallest absolute Gasteiger partial charge is 0.234 e. The number of carbonyl (C=O) groups is 1. The molecule has 2 heterocycles. The van der Waals surface area contributed by atoms with Crippen LogP contribution in [-0.4, -0.2) is 46.3 Å². The van der Waals surface area contributed by atoms with Gasteiger partial charge in [-0.2, -0.15) is 0 Å². The van der Waals surface area contributed by atoms with Crippen LogP contribution in [0.15, 0.2) is 23.4 Å². The van der Waals surface area contributed by atoms with Crippen molar-refractivity contribution in [2.24, 2.45) is 13.0 Å². The number of amides is 1. The molecule has 3 rings (SSSR count). The van der Waals surface area contributed by atoms with Crippen molar-refractivity contribution in [3.8, 4) is 0 Å². The molecule has 0 unspecified atom stereocenters. The zero-order valence-electron chi connectivity index (χ0n) is 15.7. The van der Waals surface area contributed by atoms with Crippen molar-refractivity contribution < 1.29 is 13.2 Å². The minimum absolute atomic E-state index is 0.0971. The van der Waals surface area contributed by atoms with Crippen LogP contribution in [-0.2, 0) is 28.1 Å². The van der Waals surface area contributed by atoms with Gasteiger partial charge in [-0.3, -0.25) is 4.79 Å². The highest BCUT2D eigenvalue weighted by Crippen LogP contribution is 2.24. The van der Waals surface area contributed by atoms with E-state index in [-0.39, 0.29) is 29.1 Å². The number of benzene rings is 1. The highest BCUT2D eigenvalue weighted by Gasteiger charge is 2.29. The molecule has 0 spiro atoms. The second-order valence-corrected chi connectivity index (χ2v) is 10.3. The summed E-state index contributed by atoms with van der Waals surface area (Å²) in [6.07, 6.45) is 1.27. The first-order valence-corrected chi connectivity index (χ1v) is 11.6. The number of sulfone groups is 1. The lowest BCUT2D eigenvalue weighted by molar-refractivity contribution is -0.113. The summed E-state index contributed by atoms with van der Waals surface area (Å²) in [5, 5.41) is 11.9. The number of rotatable bonds is 6. The van der Waals surface area contributed by atoms with Gasteiger partial charge >= 0.3 is 0 Å². The predicted octanol–water partition coefficient (Wildman–Crippen LogP) is 2.14. The molecule has 146 valence electrons. The Labute approximate surface area is 163 Å². The van der Waals surface area contributed by atoms with Crippen LogP contribution in [0.5, 0.6) is 0 Å². The standard InChI is InChI=1S/C18H24N4O3S2/c1-12-4-5-13(2)15(8-12)19-17(23)10-26-18-21-20-16(22(18)3)9-14-6-7-27(24,25)11-14/h4-5,8,14H,6-7,9-11H2,1-3H3,(H,19,23)/t14-/m1/s1.